The zero-order valence-corrected chi connectivity index (χ0v) is 8.22. The number of terminal acetylenes is 1. The Balaban J connectivity index is 2.67. The summed E-state index contributed by atoms with van der Waals surface area (Å²) in [4.78, 5) is 2.38. The van der Waals surface area contributed by atoms with Crippen molar-refractivity contribution in [2.24, 2.45) is 0 Å². The fraction of sp³-hybridized carbons (Fsp3) is 0.800. The molecule has 68 valence electrons. The Morgan fingerprint density at radius 1 is 1.58 bits per heavy atom. The van der Waals surface area contributed by atoms with E-state index in [1.165, 1.54) is 0 Å². The van der Waals surface area contributed by atoms with Crippen LogP contribution in [0.1, 0.15) is 20.8 Å². The molecule has 0 spiro atoms. The second-order valence-electron chi connectivity index (χ2n) is 3.95. The van der Waals surface area contributed by atoms with Gasteiger partial charge in [-0.15, -0.1) is 6.42 Å². The molecule has 1 aliphatic rings. The molecule has 2 nitrogen and oxygen atoms in total. The highest BCUT2D eigenvalue weighted by Crippen LogP contribution is 2.17. The van der Waals surface area contributed by atoms with Crippen molar-refractivity contribution in [3.05, 3.63) is 0 Å². The largest absolute Gasteiger partial charge is 0.314 e. The van der Waals surface area contributed by atoms with Crippen molar-refractivity contribution in [3.8, 4) is 12.3 Å². The quantitative estimate of drug-likeness (QED) is 0.577. The number of nitrogens with one attached hydrogen (secondary N) is 1. The molecule has 1 fully saturated rings. The molecular weight excluding hydrogens is 148 g/mol. The maximum Gasteiger partial charge on any atom is 0.0769 e. The molecule has 0 aliphatic carbocycles. The molecule has 0 radical (unpaired) electrons. The lowest BCUT2D eigenvalue weighted by molar-refractivity contribution is 0.0955. The van der Waals surface area contributed by atoms with E-state index in [1.54, 1.807) is 0 Å². The predicted octanol–water partition coefficient (Wildman–Crippen LogP) is 0.692. The minimum absolute atomic E-state index is 0.0957. The van der Waals surface area contributed by atoms with E-state index >= 15 is 0 Å². The Bertz CT molecular complexity index is 191. The Morgan fingerprint density at radius 2 is 2.25 bits per heavy atom. The molecule has 0 aromatic rings. The van der Waals surface area contributed by atoms with E-state index in [9.17, 15) is 0 Å². The van der Waals surface area contributed by atoms with Crippen LogP contribution in [0.15, 0.2) is 0 Å². The first-order valence-corrected chi connectivity index (χ1v) is 4.53. The zero-order valence-electron chi connectivity index (χ0n) is 8.22. The van der Waals surface area contributed by atoms with Crippen LogP contribution in [0, 0.1) is 12.3 Å². The summed E-state index contributed by atoms with van der Waals surface area (Å²) in [6.45, 7) is 9.58. The summed E-state index contributed by atoms with van der Waals surface area (Å²) in [5.74, 6) is 2.84. The fourth-order valence-electron chi connectivity index (χ4n) is 1.75. The van der Waals surface area contributed by atoms with Gasteiger partial charge in [0.2, 0.25) is 0 Å². The van der Waals surface area contributed by atoms with Crippen molar-refractivity contribution in [3.63, 3.8) is 0 Å². The van der Waals surface area contributed by atoms with Crippen molar-refractivity contribution < 1.29 is 0 Å². The second kappa shape index (κ2) is 3.47. The van der Waals surface area contributed by atoms with Gasteiger partial charge in [0.1, 0.15) is 0 Å². The topological polar surface area (TPSA) is 15.3 Å². The van der Waals surface area contributed by atoms with Gasteiger partial charge in [-0.05, 0) is 20.8 Å². The molecule has 1 unspecified atom stereocenters. The Morgan fingerprint density at radius 3 is 2.75 bits per heavy atom. The minimum Gasteiger partial charge on any atom is -0.314 e. The zero-order chi connectivity index (χ0) is 9.19. The average molecular weight is 166 g/mol. The monoisotopic (exact) mass is 166 g/mol. The number of hydrogen-bond donors (Lipinski definition) is 1. The van der Waals surface area contributed by atoms with E-state index in [0.29, 0.717) is 6.04 Å². The maximum atomic E-state index is 5.49. The van der Waals surface area contributed by atoms with Gasteiger partial charge in [-0.25, -0.2) is 0 Å². The van der Waals surface area contributed by atoms with Crippen LogP contribution < -0.4 is 5.32 Å². The number of rotatable bonds is 1. The van der Waals surface area contributed by atoms with Crippen LogP contribution in [0.25, 0.3) is 0 Å². The third kappa shape index (κ3) is 1.80. The molecule has 1 N–H and O–H groups in total. The first kappa shape index (κ1) is 9.57. The molecule has 2 heteroatoms. The number of nitrogens with zero attached hydrogens (tertiary/aromatic N) is 1. The molecule has 1 heterocycles. The van der Waals surface area contributed by atoms with Gasteiger partial charge in [0.15, 0.2) is 0 Å². The van der Waals surface area contributed by atoms with Crippen molar-refractivity contribution in [2.45, 2.75) is 32.4 Å². The Hall–Kier alpha value is -0.520. The van der Waals surface area contributed by atoms with Crippen LogP contribution in [0.3, 0.4) is 0 Å². The van der Waals surface area contributed by atoms with Crippen molar-refractivity contribution in [1.82, 2.24) is 10.2 Å². The van der Waals surface area contributed by atoms with E-state index in [0.717, 1.165) is 19.6 Å². The highest BCUT2D eigenvalue weighted by atomic mass is 15.3. The molecule has 1 saturated heterocycles. The molecule has 0 bridgehead atoms. The summed E-state index contributed by atoms with van der Waals surface area (Å²) in [6.07, 6.45) is 5.49. The van der Waals surface area contributed by atoms with Crippen LogP contribution in [0.5, 0.6) is 0 Å². The lowest BCUT2D eigenvalue weighted by Gasteiger charge is -2.42. The predicted molar refractivity (Wildman–Crippen MR) is 51.9 cm³/mol. The smallest absolute Gasteiger partial charge is 0.0769 e. The number of piperazine rings is 1. The van der Waals surface area contributed by atoms with Crippen molar-refractivity contribution >= 4 is 0 Å². The van der Waals surface area contributed by atoms with Gasteiger partial charge in [0.05, 0.1) is 5.54 Å². The SMILES string of the molecule is C#CC(C)(C)N1CCNCC1C. The van der Waals surface area contributed by atoms with Gasteiger partial charge in [-0.2, -0.15) is 0 Å². The van der Waals surface area contributed by atoms with E-state index in [2.05, 4.69) is 36.9 Å². The van der Waals surface area contributed by atoms with Gasteiger partial charge in [-0.1, -0.05) is 5.92 Å². The van der Waals surface area contributed by atoms with Crippen LogP contribution in [0.2, 0.25) is 0 Å². The van der Waals surface area contributed by atoms with Crippen LogP contribution in [-0.4, -0.2) is 36.1 Å². The van der Waals surface area contributed by atoms with Gasteiger partial charge in [0, 0.05) is 25.7 Å². The maximum absolute atomic E-state index is 5.49. The molecular formula is C10H18N2. The van der Waals surface area contributed by atoms with Crippen LogP contribution in [0.4, 0.5) is 0 Å². The van der Waals surface area contributed by atoms with Gasteiger partial charge < -0.3 is 5.32 Å². The highest BCUT2D eigenvalue weighted by Gasteiger charge is 2.29. The summed E-state index contributed by atoms with van der Waals surface area (Å²) < 4.78 is 0. The molecule has 1 atom stereocenters. The summed E-state index contributed by atoms with van der Waals surface area (Å²) in [7, 11) is 0. The van der Waals surface area contributed by atoms with E-state index < -0.39 is 0 Å². The Kier molecular flexibility index (Phi) is 2.76. The summed E-state index contributed by atoms with van der Waals surface area (Å²) in [6, 6.07) is 0.546. The average Bonchev–Trinajstić information content (AvgIpc) is 2.05. The first-order chi connectivity index (χ1) is 5.58. The minimum atomic E-state index is -0.0957. The molecule has 12 heavy (non-hydrogen) atoms. The third-order valence-corrected chi connectivity index (χ3v) is 2.57. The fourth-order valence-corrected chi connectivity index (χ4v) is 1.75. The van der Waals surface area contributed by atoms with E-state index in [-0.39, 0.29) is 5.54 Å². The Labute approximate surface area is 75.3 Å². The highest BCUT2D eigenvalue weighted by molar-refractivity contribution is 5.10. The molecule has 1 rings (SSSR count). The van der Waals surface area contributed by atoms with E-state index in [4.69, 9.17) is 6.42 Å². The number of hydrogen-bond acceptors (Lipinski definition) is 2. The summed E-state index contributed by atoms with van der Waals surface area (Å²) >= 11 is 0. The van der Waals surface area contributed by atoms with E-state index in [1.807, 2.05) is 0 Å². The van der Waals surface area contributed by atoms with Crippen LogP contribution in [-0.2, 0) is 0 Å². The lowest BCUT2D eigenvalue weighted by Crippen LogP contribution is -2.57. The molecule has 0 amide bonds. The molecule has 0 saturated carbocycles. The van der Waals surface area contributed by atoms with Gasteiger partial charge >= 0.3 is 0 Å². The molecule has 1 aliphatic heterocycles. The summed E-state index contributed by atoms with van der Waals surface area (Å²) in [5, 5.41) is 3.35. The molecule has 0 aromatic heterocycles. The normalized spacial score (nSPS) is 26.7. The standard InChI is InChI=1S/C10H18N2/c1-5-10(3,4)12-7-6-11-8-9(12)2/h1,9,11H,6-8H2,2-4H3. The summed E-state index contributed by atoms with van der Waals surface area (Å²) in [5.41, 5.74) is -0.0957. The molecule has 0 aromatic carbocycles. The van der Waals surface area contributed by atoms with Crippen molar-refractivity contribution in [2.75, 3.05) is 19.6 Å². The van der Waals surface area contributed by atoms with Crippen LogP contribution >= 0.6 is 0 Å². The third-order valence-electron chi connectivity index (χ3n) is 2.57. The lowest BCUT2D eigenvalue weighted by atomic mass is 10.0. The second-order valence-corrected chi connectivity index (χ2v) is 3.95. The van der Waals surface area contributed by atoms with Gasteiger partial charge in [0.25, 0.3) is 0 Å². The first-order valence-electron chi connectivity index (χ1n) is 4.53. The van der Waals surface area contributed by atoms with Gasteiger partial charge in [-0.3, -0.25) is 4.90 Å². The van der Waals surface area contributed by atoms with Crippen molar-refractivity contribution in [1.29, 1.82) is 0 Å².